The number of hydrogen-bond acceptors (Lipinski definition) is 2. The van der Waals surface area contributed by atoms with Crippen LogP contribution in [-0.4, -0.2) is 25.8 Å². The minimum absolute atomic E-state index is 0.204. The van der Waals surface area contributed by atoms with E-state index in [0.29, 0.717) is 23.0 Å². The SMILES string of the molecule is Cc1cc(C)c(S(=O)(=O)N2CCCCC(c3ccc(Cl)cc3)C2)c(C)c1. The number of aryl methyl sites for hydroxylation is 3. The van der Waals surface area contributed by atoms with Crippen LogP contribution < -0.4 is 0 Å². The fraction of sp³-hybridized carbons (Fsp3) is 0.429. The lowest BCUT2D eigenvalue weighted by Crippen LogP contribution is -2.35. The minimum atomic E-state index is -3.51. The van der Waals surface area contributed by atoms with E-state index in [0.717, 1.165) is 41.5 Å². The lowest BCUT2D eigenvalue weighted by Gasteiger charge is -2.26. The summed E-state index contributed by atoms with van der Waals surface area (Å²) < 4.78 is 28.5. The lowest BCUT2D eigenvalue weighted by atomic mass is 9.95. The summed E-state index contributed by atoms with van der Waals surface area (Å²) in [5.41, 5.74) is 3.91. The Labute approximate surface area is 162 Å². The van der Waals surface area contributed by atoms with Gasteiger partial charge in [-0.15, -0.1) is 0 Å². The van der Waals surface area contributed by atoms with Gasteiger partial charge in [0.15, 0.2) is 0 Å². The van der Waals surface area contributed by atoms with Crippen molar-refractivity contribution in [1.29, 1.82) is 0 Å². The molecule has 0 aliphatic carbocycles. The maximum atomic E-state index is 13.4. The monoisotopic (exact) mass is 391 g/mol. The highest BCUT2D eigenvalue weighted by Crippen LogP contribution is 2.32. The zero-order valence-electron chi connectivity index (χ0n) is 15.6. The molecule has 2 aromatic carbocycles. The van der Waals surface area contributed by atoms with E-state index in [-0.39, 0.29) is 5.92 Å². The van der Waals surface area contributed by atoms with Gasteiger partial charge in [-0.3, -0.25) is 0 Å². The summed E-state index contributed by atoms with van der Waals surface area (Å²) in [6.45, 7) is 6.89. The highest BCUT2D eigenvalue weighted by molar-refractivity contribution is 7.89. The van der Waals surface area contributed by atoms with Crippen molar-refractivity contribution < 1.29 is 8.42 Å². The quantitative estimate of drug-likeness (QED) is 0.718. The molecule has 0 N–H and O–H groups in total. The lowest BCUT2D eigenvalue weighted by molar-refractivity contribution is 0.405. The summed E-state index contributed by atoms with van der Waals surface area (Å²) in [7, 11) is -3.51. The second-order valence-corrected chi connectivity index (χ2v) is 9.65. The average molecular weight is 392 g/mol. The van der Waals surface area contributed by atoms with Crippen LogP contribution >= 0.6 is 11.6 Å². The van der Waals surface area contributed by atoms with Crippen LogP contribution in [0.1, 0.15) is 47.4 Å². The van der Waals surface area contributed by atoms with Crippen LogP contribution in [0.3, 0.4) is 0 Å². The van der Waals surface area contributed by atoms with Gasteiger partial charge in [0, 0.05) is 18.1 Å². The zero-order valence-corrected chi connectivity index (χ0v) is 17.2. The van der Waals surface area contributed by atoms with Crippen molar-refractivity contribution in [2.45, 2.75) is 50.8 Å². The summed E-state index contributed by atoms with van der Waals surface area (Å²) in [6.07, 6.45) is 2.93. The summed E-state index contributed by atoms with van der Waals surface area (Å²) in [4.78, 5) is 0.472. The Bertz CT molecular complexity index is 868. The number of halogens is 1. The predicted molar refractivity (Wildman–Crippen MR) is 107 cm³/mol. The van der Waals surface area contributed by atoms with E-state index in [2.05, 4.69) is 0 Å². The van der Waals surface area contributed by atoms with E-state index in [1.165, 1.54) is 0 Å². The maximum Gasteiger partial charge on any atom is 0.243 e. The highest BCUT2D eigenvalue weighted by atomic mass is 35.5. The first-order chi connectivity index (χ1) is 12.3. The number of hydrogen-bond donors (Lipinski definition) is 0. The summed E-state index contributed by atoms with van der Waals surface area (Å²) >= 11 is 6.01. The topological polar surface area (TPSA) is 37.4 Å². The molecule has 1 saturated heterocycles. The molecule has 5 heteroatoms. The standard InChI is InChI=1S/C21H26ClNO2S/c1-15-12-16(2)21(17(3)13-15)26(24,25)23-11-5-4-6-19(14-23)18-7-9-20(22)10-8-18/h7-10,12-13,19H,4-6,11,14H2,1-3H3. The van der Waals surface area contributed by atoms with Gasteiger partial charge in [0.25, 0.3) is 0 Å². The van der Waals surface area contributed by atoms with Crippen LogP contribution in [-0.2, 0) is 10.0 Å². The van der Waals surface area contributed by atoms with Crippen LogP contribution in [0.15, 0.2) is 41.3 Å². The first kappa shape index (κ1) is 19.4. The van der Waals surface area contributed by atoms with Crippen molar-refractivity contribution in [1.82, 2.24) is 4.31 Å². The van der Waals surface area contributed by atoms with Crippen molar-refractivity contribution in [2.24, 2.45) is 0 Å². The molecule has 1 unspecified atom stereocenters. The molecule has 1 atom stereocenters. The van der Waals surface area contributed by atoms with Gasteiger partial charge in [0.05, 0.1) is 4.90 Å². The van der Waals surface area contributed by atoms with Crippen molar-refractivity contribution in [3.8, 4) is 0 Å². The van der Waals surface area contributed by atoms with Crippen LogP contribution in [0.25, 0.3) is 0 Å². The van der Waals surface area contributed by atoms with Gasteiger partial charge in [-0.05, 0) is 68.4 Å². The number of sulfonamides is 1. The molecule has 1 aliphatic heterocycles. The van der Waals surface area contributed by atoms with Crippen molar-refractivity contribution >= 4 is 21.6 Å². The third-order valence-corrected chi connectivity index (χ3v) is 7.60. The fourth-order valence-electron chi connectivity index (χ4n) is 4.04. The third-order valence-electron chi connectivity index (χ3n) is 5.18. The van der Waals surface area contributed by atoms with Crippen LogP contribution in [0.2, 0.25) is 5.02 Å². The van der Waals surface area contributed by atoms with E-state index in [4.69, 9.17) is 11.6 Å². The molecule has 1 heterocycles. The first-order valence-electron chi connectivity index (χ1n) is 9.12. The molecule has 3 nitrogen and oxygen atoms in total. The molecule has 1 aliphatic rings. The normalized spacial score (nSPS) is 19.3. The van der Waals surface area contributed by atoms with Gasteiger partial charge in [-0.25, -0.2) is 8.42 Å². The van der Waals surface area contributed by atoms with Crippen LogP contribution in [0.5, 0.6) is 0 Å². The predicted octanol–water partition coefficient (Wildman–Crippen LogP) is 5.22. The summed E-state index contributed by atoms with van der Waals surface area (Å²) in [6, 6.07) is 11.7. The van der Waals surface area contributed by atoms with Gasteiger partial charge in [-0.1, -0.05) is 47.9 Å². The maximum absolute atomic E-state index is 13.4. The Morgan fingerprint density at radius 1 is 1.00 bits per heavy atom. The smallest absolute Gasteiger partial charge is 0.207 e. The molecule has 0 radical (unpaired) electrons. The molecule has 2 aromatic rings. The van der Waals surface area contributed by atoms with Crippen molar-refractivity contribution in [3.05, 3.63) is 63.7 Å². The van der Waals surface area contributed by atoms with Crippen molar-refractivity contribution in [2.75, 3.05) is 13.1 Å². The summed E-state index contributed by atoms with van der Waals surface area (Å²) in [5, 5.41) is 0.706. The Hall–Kier alpha value is -1.36. The first-order valence-corrected chi connectivity index (χ1v) is 10.9. The Kier molecular flexibility index (Phi) is 5.75. The molecule has 0 spiro atoms. The second kappa shape index (κ2) is 7.71. The molecular weight excluding hydrogens is 366 g/mol. The van der Waals surface area contributed by atoms with Crippen molar-refractivity contribution in [3.63, 3.8) is 0 Å². The summed E-state index contributed by atoms with van der Waals surface area (Å²) in [5.74, 6) is 0.204. The molecular formula is C21H26ClNO2S. The van der Waals surface area contributed by atoms with Gasteiger partial charge >= 0.3 is 0 Å². The number of benzene rings is 2. The van der Waals surface area contributed by atoms with E-state index < -0.39 is 10.0 Å². The molecule has 0 saturated carbocycles. The van der Waals surface area contributed by atoms with Gasteiger partial charge < -0.3 is 0 Å². The van der Waals surface area contributed by atoms with Crippen LogP contribution in [0, 0.1) is 20.8 Å². The average Bonchev–Trinajstić information content (AvgIpc) is 2.81. The molecule has 0 aromatic heterocycles. The van der Waals surface area contributed by atoms with E-state index >= 15 is 0 Å². The molecule has 1 fully saturated rings. The number of rotatable bonds is 3. The zero-order chi connectivity index (χ0) is 18.9. The molecule has 3 rings (SSSR count). The largest absolute Gasteiger partial charge is 0.243 e. The molecule has 0 bridgehead atoms. The van der Waals surface area contributed by atoms with Gasteiger partial charge in [0.1, 0.15) is 0 Å². The van der Waals surface area contributed by atoms with E-state index in [1.807, 2.05) is 57.2 Å². The number of nitrogens with zero attached hydrogens (tertiary/aromatic N) is 1. The van der Waals surface area contributed by atoms with Crippen LogP contribution in [0.4, 0.5) is 0 Å². The van der Waals surface area contributed by atoms with Gasteiger partial charge in [0.2, 0.25) is 10.0 Å². The highest BCUT2D eigenvalue weighted by Gasteiger charge is 2.31. The Morgan fingerprint density at radius 2 is 1.62 bits per heavy atom. The van der Waals surface area contributed by atoms with E-state index in [9.17, 15) is 8.42 Å². The Morgan fingerprint density at radius 3 is 2.23 bits per heavy atom. The molecule has 26 heavy (non-hydrogen) atoms. The van der Waals surface area contributed by atoms with Gasteiger partial charge in [-0.2, -0.15) is 4.31 Å². The second-order valence-electron chi connectivity index (χ2n) is 7.34. The van der Waals surface area contributed by atoms with E-state index in [1.54, 1.807) is 4.31 Å². The Balaban J connectivity index is 1.95. The molecule has 140 valence electrons. The minimum Gasteiger partial charge on any atom is -0.207 e. The fourth-order valence-corrected chi connectivity index (χ4v) is 6.10. The molecule has 0 amide bonds. The third kappa shape index (κ3) is 3.98.